The van der Waals surface area contributed by atoms with Crippen LogP contribution in [0.15, 0.2) is 12.1 Å². The van der Waals surface area contributed by atoms with E-state index in [0.29, 0.717) is 28.4 Å². The van der Waals surface area contributed by atoms with Crippen LogP contribution in [0.1, 0.15) is 18.4 Å². The largest absolute Gasteiger partial charge is 0.497 e. The molecule has 0 aliphatic rings. The van der Waals surface area contributed by atoms with E-state index in [1.165, 1.54) is 14.2 Å². The Morgan fingerprint density at radius 2 is 2.17 bits per heavy atom. The number of nitrogens with two attached hydrogens (primary N) is 1. The molecule has 0 aliphatic heterocycles. The number of halogens is 1. The molecular weight excluding hydrogens is 254 g/mol. The maximum absolute atomic E-state index is 10.9. The van der Waals surface area contributed by atoms with Crippen molar-refractivity contribution in [3.8, 4) is 17.6 Å². The van der Waals surface area contributed by atoms with E-state index in [4.69, 9.17) is 22.1 Å². The van der Waals surface area contributed by atoms with Crippen molar-refractivity contribution in [3.63, 3.8) is 0 Å². The molecule has 1 rings (SSSR count). The molecule has 96 valence electrons. The number of esters is 1. The van der Waals surface area contributed by atoms with Crippen LogP contribution in [0.5, 0.6) is 5.75 Å². The fourth-order valence-electron chi connectivity index (χ4n) is 1.24. The first kappa shape index (κ1) is 14.2. The fourth-order valence-corrected chi connectivity index (χ4v) is 1.45. The molecule has 0 aliphatic carbocycles. The standard InChI is InChI=1S/C13H14ClNO3/c1-17-10-7-9(13(15)11(14)8-10)5-3-4-6-12(16)18-2/h7-8H,4,6,15H2,1-2H3. The maximum Gasteiger partial charge on any atom is 0.306 e. The summed E-state index contributed by atoms with van der Waals surface area (Å²) in [6, 6.07) is 3.32. The monoisotopic (exact) mass is 267 g/mol. The van der Waals surface area contributed by atoms with E-state index < -0.39 is 0 Å². The van der Waals surface area contributed by atoms with Gasteiger partial charge in [-0.2, -0.15) is 0 Å². The molecule has 0 spiro atoms. The number of carbonyl (C=O) groups excluding carboxylic acids is 1. The van der Waals surface area contributed by atoms with E-state index in [0.717, 1.165) is 0 Å². The van der Waals surface area contributed by atoms with Crippen LogP contribution < -0.4 is 10.5 Å². The van der Waals surface area contributed by atoms with Gasteiger partial charge in [0.1, 0.15) is 5.75 Å². The van der Waals surface area contributed by atoms with Gasteiger partial charge >= 0.3 is 5.97 Å². The summed E-state index contributed by atoms with van der Waals surface area (Å²) < 4.78 is 9.58. The van der Waals surface area contributed by atoms with E-state index in [1.807, 2.05) is 0 Å². The van der Waals surface area contributed by atoms with Gasteiger partial charge in [-0.1, -0.05) is 23.4 Å². The lowest BCUT2D eigenvalue weighted by Crippen LogP contribution is -1.98. The first-order valence-corrected chi connectivity index (χ1v) is 5.65. The number of ether oxygens (including phenoxy) is 2. The van der Waals surface area contributed by atoms with Gasteiger partial charge in [0.05, 0.1) is 36.9 Å². The van der Waals surface area contributed by atoms with Gasteiger partial charge in [0, 0.05) is 12.5 Å². The second-order valence-electron chi connectivity index (χ2n) is 3.45. The number of hydrogen-bond donors (Lipinski definition) is 1. The molecule has 0 amide bonds. The minimum absolute atomic E-state index is 0.251. The SMILES string of the molecule is COC(=O)CCC#Cc1cc(OC)cc(Cl)c1N. The van der Waals surface area contributed by atoms with Gasteiger partial charge in [-0.3, -0.25) is 4.79 Å². The highest BCUT2D eigenvalue weighted by Gasteiger charge is 2.05. The second kappa shape index (κ2) is 6.77. The molecule has 0 radical (unpaired) electrons. The van der Waals surface area contributed by atoms with E-state index in [2.05, 4.69) is 16.6 Å². The highest BCUT2D eigenvalue weighted by molar-refractivity contribution is 6.33. The van der Waals surface area contributed by atoms with E-state index in [9.17, 15) is 4.79 Å². The average molecular weight is 268 g/mol. The van der Waals surface area contributed by atoms with Crippen molar-refractivity contribution in [1.29, 1.82) is 0 Å². The molecule has 0 aromatic heterocycles. The fraction of sp³-hybridized carbons (Fsp3) is 0.308. The zero-order valence-electron chi connectivity index (χ0n) is 10.2. The van der Waals surface area contributed by atoms with Crippen molar-refractivity contribution in [2.75, 3.05) is 20.0 Å². The summed E-state index contributed by atoms with van der Waals surface area (Å²) in [5.74, 6) is 6.00. The van der Waals surface area contributed by atoms with Gasteiger partial charge in [0.15, 0.2) is 0 Å². The second-order valence-corrected chi connectivity index (χ2v) is 3.86. The van der Waals surface area contributed by atoms with Crippen LogP contribution in [0.2, 0.25) is 5.02 Å². The van der Waals surface area contributed by atoms with E-state index in [1.54, 1.807) is 12.1 Å². The Morgan fingerprint density at radius 1 is 1.44 bits per heavy atom. The van der Waals surface area contributed by atoms with Crippen molar-refractivity contribution in [2.24, 2.45) is 0 Å². The van der Waals surface area contributed by atoms with Crippen LogP contribution >= 0.6 is 11.6 Å². The minimum atomic E-state index is -0.291. The first-order chi connectivity index (χ1) is 8.58. The van der Waals surface area contributed by atoms with Gasteiger partial charge < -0.3 is 15.2 Å². The normalized spacial score (nSPS) is 9.28. The molecule has 1 aromatic carbocycles. The van der Waals surface area contributed by atoms with Crippen molar-refractivity contribution < 1.29 is 14.3 Å². The number of anilines is 1. The van der Waals surface area contributed by atoms with Crippen LogP contribution in [0.4, 0.5) is 5.69 Å². The number of hydrogen-bond acceptors (Lipinski definition) is 4. The van der Waals surface area contributed by atoms with Crippen LogP contribution in [-0.2, 0) is 9.53 Å². The lowest BCUT2D eigenvalue weighted by molar-refractivity contribution is -0.140. The van der Waals surface area contributed by atoms with Crippen LogP contribution in [0, 0.1) is 11.8 Å². The highest BCUT2D eigenvalue weighted by atomic mass is 35.5. The minimum Gasteiger partial charge on any atom is -0.497 e. The van der Waals surface area contributed by atoms with Gasteiger partial charge in [-0.25, -0.2) is 0 Å². The quantitative estimate of drug-likeness (QED) is 0.518. The topological polar surface area (TPSA) is 61.5 Å². The lowest BCUT2D eigenvalue weighted by atomic mass is 10.1. The van der Waals surface area contributed by atoms with Crippen molar-refractivity contribution in [3.05, 3.63) is 22.7 Å². The smallest absolute Gasteiger partial charge is 0.306 e. The molecule has 5 heteroatoms. The molecule has 4 nitrogen and oxygen atoms in total. The highest BCUT2D eigenvalue weighted by Crippen LogP contribution is 2.28. The third kappa shape index (κ3) is 3.86. The van der Waals surface area contributed by atoms with Crippen LogP contribution in [0.3, 0.4) is 0 Å². The third-order valence-corrected chi connectivity index (χ3v) is 2.56. The Bertz CT molecular complexity index is 503. The van der Waals surface area contributed by atoms with Gasteiger partial charge in [0.25, 0.3) is 0 Å². The number of carbonyl (C=O) groups is 1. The predicted molar refractivity (Wildman–Crippen MR) is 70.5 cm³/mol. The Morgan fingerprint density at radius 3 is 2.78 bits per heavy atom. The predicted octanol–water partition coefficient (Wildman–Crippen LogP) is 2.24. The molecule has 0 saturated heterocycles. The zero-order valence-corrected chi connectivity index (χ0v) is 11.0. The number of benzene rings is 1. The van der Waals surface area contributed by atoms with E-state index >= 15 is 0 Å². The van der Waals surface area contributed by atoms with Crippen LogP contribution in [-0.4, -0.2) is 20.2 Å². The summed E-state index contributed by atoms with van der Waals surface area (Å²) in [5, 5.41) is 0.395. The molecule has 18 heavy (non-hydrogen) atoms. The molecule has 0 saturated carbocycles. The van der Waals surface area contributed by atoms with Crippen molar-refractivity contribution in [2.45, 2.75) is 12.8 Å². The number of rotatable bonds is 3. The average Bonchev–Trinajstić information content (AvgIpc) is 2.38. The summed E-state index contributed by atoms with van der Waals surface area (Å²) in [6.45, 7) is 0. The summed E-state index contributed by atoms with van der Waals surface area (Å²) in [6.07, 6.45) is 0.655. The summed E-state index contributed by atoms with van der Waals surface area (Å²) >= 11 is 5.94. The van der Waals surface area contributed by atoms with Gasteiger partial charge in [-0.15, -0.1) is 0 Å². The Kier molecular flexibility index (Phi) is 5.34. The molecule has 0 fully saturated rings. The van der Waals surface area contributed by atoms with Gasteiger partial charge in [0.2, 0.25) is 0 Å². The number of methoxy groups -OCH3 is 2. The van der Waals surface area contributed by atoms with Crippen molar-refractivity contribution >= 4 is 23.3 Å². The summed E-state index contributed by atoms with van der Waals surface area (Å²) in [5.41, 5.74) is 6.79. The Balaban J connectivity index is 2.81. The zero-order chi connectivity index (χ0) is 13.5. The summed E-state index contributed by atoms with van der Waals surface area (Å²) in [7, 11) is 2.88. The molecule has 0 heterocycles. The van der Waals surface area contributed by atoms with Crippen molar-refractivity contribution in [1.82, 2.24) is 0 Å². The van der Waals surface area contributed by atoms with E-state index in [-0.39, 0.29) is 12.4 Å². The molecule has 0 unspecified atom stereocenters. The lowest BCUT2D eigenvalue weighted by Gasteiger charge is -2.05. The van der Waals surface area contributed by atoms with Gasteiger partial charge in [-0.05, 0) is 6.07 Å². The molecule has 0 atom stereocenters. The first-order valence-electron chi connectivity index (χ1n) is 5.27. The Labute approximate surface area is 111 Å². The summed E-state index contributed by atoms with van der Waals surface area (Å²) in [4.78, 5) is 10.9. The molecular formula is C13H14ClNO3. The number of nitrogen functional groups attached to an aromatic ring is 1. The molecule has 2 N–H and O–H groups in total. The Hall–Kier alpha value is -1.86. The maximum atomic E-state index is 10.9. The molecule has 1 aromatic rings. The third-order valence-electron chi connectivity index (χ3n) is 2.24. The molecule has 0 bridgehead atoms. The van der Waals surface area contributed by atoms with Crippen LogP contribution in [0.25, 0.3) is 0 Å².